The second-order valence-electron chi connectivity index (χ2n) is 26.9. The van der Waals surface area contributed by atoms with Crippen LogP contribution in [0.25, 0.3) is 0 Å². The van der Waals surface area contributed by atoms with Crippen molar-refractivity contribution >= 4 is 39.5 Å². The highest BCUT2D eigenvalue weighted by atomic mass is 31.2. The number of carbonyl (C=O) groups excluding carboxylic acids is 4. The number of aliphatic hydroxyl groups is 1. The number of ether oxygens (including phenoxy) is 4. The summed E-state index contributed by atoms with van der Waals surface area (Å²) in [5.41, 5.74) is 0. The van der Waals surface area contributed by atoms with Gasteiger partial charge in [-0.3, -0.25) is 37.3 Å². The molecule has 4 unspecified atom stereocenters. The summed E-state index contributed by atoms with van der Waals surface area (Å²) in [4.78, 5) is 72.6. The van der Waals surface area contributed by atoms with Crippen molar-refractivity contribution in [2.75, 3.05) is 39.6 Å². The zero-order chi connectivity index (χ0) is 67.3. The van der Waals surface area contributed by atoms with E-state index in [1.54, 1.807) is 0 Å². The van der Waals surface area contributed by atoms with Gasteiger partial charge in [-0.25, -0.2) is 9.13 Å². The molecule has 0 rings (SSSR count). The van der Waals surface area contributed by atoms with Crippen LogP contribution < -0.4 is 0 Å². The van der Waals surface area contributed by atoms with Gasteiger partial charge in [0.15, 0.2) is 12.2 Å². The number of phosphoric ester groups is 2. The Morgan fingerprint density at radius 3 is 0.835 bits per heavy atom. The Bertz CT molecular complexity index is 1790. The number of esters is 4. The number of hydrogen-bond donors (Lipinski definition) is 3. The lowest BCUT2D eigenvalue weighted by Gasteiger charge is -2.21. The summed E-state index contributed by atoms with van der Waals surface area (Å²) in [5.74, 6) is 0.210. The molecular weight excluding hydrogens is 1200 g/mol. The molecule has 0 heterocycles. The normalized spacial score (nSPS) is 14.8. The van der Waals surface area contributed by atoms with Gasteiger partial charge >= 0.3 is 39.5 Å². The molecule has 91 heavy (non-hydrogen) atoms. The fourth-order valence-corrected chi connectivity index (χ4v) is 12.4. The van der Waals surface area contributed by atoms with Gasteiger partial charge in [0.05, 0.1) is 26.4 Å². The van der Waals surface area contributed by atoms with E-state index in [0.717, 1.165) is 108 Å². The van der Waals surface area contributed by atoms with Gasteiger partial charge in [0.2, 0.25) is 0 Å². The van der Waals surface area contributed by atoms with E-state index in [0.29, 0.717) is 31.6 Å². The minimum absolute atomic E-state index is 0.105. The number of aliphatic hydroxyl groups excluding tert-OH is 1. The zero-order valence-corrected chi connectivity index (χ0v) is 61.1. The van der Waals surface area contributed by atoms with E-state index in [-0.39, 0.29) is 25.7 Å². The minimum atomic E-state index is -4.95. The molecule has 0 spiro atoms. The third-order valence-corrected chi connectivity index (χ3v) is 19.3. The average Bonchev–Trinajstić information content (AvgIpc) is 2.98. The van der Waals surface area contributed by atoms with Crippen LogP contribution in [0.2, 0.25) is 0 Å². The first kappa shape index (κ1) is 89.1. The highest BCUT2D eigenvalue weighted by molar-refractivity contribution is 7.47. The topological polar surface area (TPSA) is 237 Å². The summed E-state index contributed by atoms with van der Waals surface area (Å²) in [6.45, 7) is 11.9. The number of rotatable bonds is 70. The molecular formula is C72H140O17P2. The smallest absolute Gasteiger partial charge is 0.462 e. The molecule has 0 saturated heterocycles. The third-order valence-electron chi connectivity index (χ3n) is 17.4. The van der Waals surface area contributed by atoms with Crippen LogP contribution in [0.3, 0.4) is 0 Å². The van der Waals surface area contributed by atoms with Crippen LogP contribution in [0.4, 0.5) is 0 Å². The molecule has 540 valence electrons. The lowest BCUT2D eigenvalue weighted by atomic mass is 9.99. The minimum Gasteiger partial charge on any atom is -0.462 e. The molecule has 0 radical (unpaired) electrons. The third kappa shape index (κ3) is 63.9. The van der Waals surface area contributed by atoms with Crippen LogP contribution in [0, 0.1) is 17.8 Å². The lowest BCUT2D eigenvalue weighted by molar-refractivity contribution is -0.161. The zero-order valence-electron chi connectivity index (χ0n) is 59.3. The highest BCUT2D eigenvalue weighted by Crippen LogP contribution is 2.45. The molecule has 0 aromatic carbocycles. The molecule has 17 nitrogen and oxygen atoms in total. The van der Waals surface area contributed by atoms with Gasteiger partial charge in [-0.2, -0.15) is 0 Å². The van der Waals surface area contributed by atoms with Gasteiger partial charge in [0.25, 0.3) is 0 Å². The van der Waals surface area contributed by atoms with Crippen LogP contribution in [-0.2, 0) is 65.4 Å². The van der Waals surface area contributed by atoms with Crippen LogP contribution in [-0.4, -0.2) is 96.7 Å². The molecule has 0 aliphatic rings. The largest absolute Gasteiger partial charge is 0.472 e. The Balaban J connectivity index is 5.23. The molecule has 0 saturated carbocycles. The van der Waals surface area contributed by atoms with Crippen molar-refractivity contribution in [3.05, 3.63) is 0 Å². The maximum Gasteiger partial charge on any atom is 0.472 e. The first-order valence-electron chi connectivity index (χ1n) is 37.4. The van der Waals surface area contributed by atoms with E-state index in [1.807, 2.05) is 0 Å². The van der Waals surface area contributed by atoms with E-state index in [1.165, 1.54) is 167 Å². The van der Waals surface area contributed by atoms with Crippen molar-refractivity contribution < 1.29 is 80.2 Å². The molecule has 0 aliphatic carbocycles. The van der Waals surface area contributed by atoms with E-state index in [2.05, 4.69) is 48.5 Å². The Morgan fingerprint density at radius 2 is 0.560 bits per heavy atom. The van der Waals surface area contributed by atoms with E-state index >= 15 is 0 Å². The summed E-state index contributed by atoms with van der Waals surface area (Å²) < 4.78 is 68.3. The summed E-state index contributed by atoms with van der Waals surface area (Å²) in [5, 5.41) is 10.6. The molecule has 0 amide bonds. The Kier molecular flexibility index (Phi) is 61.5. The van der Waals surface area contributed by atoms with Crippen molar-refractivity contribution in [3.63, 3.8) is 0 Å². The first-order valence-corrected chi connectivity index (χ1v) is 40.4. The highest BCUT2D eigenvalue weighted by Gasteiger charge is 2.30. The number of hydrogen-bond acceptors (Lipinski definition) is 15. The van der Waals surface area contributed by atoms with Crippen molar-refractivity contribution in [2.45, 2.75) is 381 Å². The second-order valence-corrected chi connectivity index (χ2v) is 29.8. The SMILES string of the molecule is CCCCCCCCCCCCC(=O)O[C@H](COC(=O)CCCCCCCCC(C)C)COP(=O)(O)OC[C@H](O)COP(=O)(O)OC[C@@H](COC(=O)CCCCCCCCCCCCC(C)CC)OC(=O)CCCCCCCCCCCCCCCCC(C)CC. The molecule has 19 heteroatoms. The predicted molar refractivity (Wildman–Crippen MR) is 368 cm³/mol. The van der Waals surface area contributed by atoms with Gasteiger partial charge in [-0.1, -0.05) is 312 Å². The standard InChI is InChI=1S/C72H140O17P2/c1-8-11-12-13-14-15-26-32-41-48-55-71(76)89-68(60-83-70(75)54-47-40-35-34-36-43-50-63(4)5)62-87-91(80,81)85-58-66(73)57-84-90(78,79)86-61-67(59-82-69(74)53-46-39-31-27-23-22-25-30-38-45-52-65(7)10-3)88-72(77)56-49-42-33-28-21-19-17-16-18-20-24-29-37-44-51-64(6)9-2/h63-68,73H,8-62H2,1-7H3,(H,78,79)(H,80,81)/t64?,65?,66-,67-,68-/m1/s1. The second kappa shape index (κ2) is 62.8. The number of phosphoric acid groups is 2. The van der Waals surface area contributed by atoms with Gasteiger partial charge < -0.3 is 33.8 Å². The van der Waals surface area contributed by atoms with Gasteiger partial charge in [-0.15, -0.1) is 0 Å². The Hall–Kier alpha value is -1.94. The Labute approximate surface area is 556 Å². The molecule has 0 aromatic heterocycles. The van der Waals surface area contributed by atoms with Crippen LogP contribution in [0.1, 0.15) is 363 Å². The monoisotopic (exact) mass is 1340 g/mol. The summed E-state index contributed by atoms with van der Waals surface area (Å²) in [7, 11) is -9.90. The van der Waals surface area contributed by atoms with Crippen LogP contribution in [0.5, 0.6) is 0 Å². The maximum absolute atomic E-state index is 13.0. The van der Waals surface area contributed by atoms with Crippen LogP contribution >= 0.6 is 15.6 Å². The summed E-state index contributed by atoms with van der Waals surface area (Å²) >= 11 is 0. The molecule has 0 aromatic rings. The molecule has 0 aliphatic heterocycles. The Morgan fingerprint density at radius 1 is 0.319 bits per heavy atom. The lowest BCUT2D eigenvalue weighted by Crippen LogP contribution is -2.30. The van der Waals surface area contributed by atoms with Gasteiger partial charge in [0, 0.05) is 25.7 Å². The van der Waals surface area contributed by atoms with E-state index in [4.69, 9.17) is 37.0 Å². The van der Waals surface area contributed by atoms with E-state index < -0.39 is 97.5 Å². The number of unbranched alkanes of at least 4 members (excludes halogenated alkanes) is 36. The van der Waals surface area contributed by atoms with Crippen molar-refractivity contribution in [3.8, 4) is 0 Å². The van der Waals surface area contributed by atoms with Crippen molar-refractivity contribution in [1.29, 1.82) is 0 Å². The number of carbonyl (C=O) groups is 4. The fourth-order valence-electron chi connectivity index (χ4n) is 10.8. The van der Waals surface area contributed by atoms with Crippen molar-refractivity contribution in [2.24, 2.45) is 17.8 Å². The molecule has 3 N–H and O–H groups in total. The van der Waals surface area contributed by atoms with Crippen molar-refractivity contribution in [1.82, 2.24) is 0 Å². The molecule has 7 atom stereocenters. The van der Waals surface area contributed by atoms with Crippen LogP contribution in [0.15, 0.2) is 0 Å². The summed E-state index contributed by atoms with van der Waals surface area (Å²) in [6.07, 6.45) is 47.2. The quantitative estimate of drug-likeness (QED) is 0.0222. The maximum atomic E-state index is 13.0. The average molecular weight is 1340 g/mol. The van der Waals surface area contributed by atoms with E-state index in [9.17, 15) is 43.2 Å². The first-order chi connectivity index (χ1) is 43.8. The predicted octanol–water partition coefficient (Wildman–Crippen LogP) is 20.6. The molecule has 0 fully saturated rings. The summed E-state index contributed by atoms with van der Waals surface area (Å²) in [6, 6.07) is 0. The van der Waals surface area contributed by atoms with Gasteiger partial charge in [0.1, 0.15) is 19.3 Å². The van der Waals surface area contributed by atoms with Gasteiger partial charge in [-0.05, 0) is 43.4 Å². The molecule has 0 bridgehead atoms. The fraction of sp³-hybridized carbons (Fsp3) is 0.944.